The summed E-state index contributed by atoms with van der Waals surface area (Å²) in [6, 6.07) is 10.5. The van der Waals surface area contributed by atoms with Crippen molar-refractivity contribution >= 4 is 21.6 Å². The van der Waals surface area contributed by atoms with Crippen LogP contribution < -0.4 is 10.1 Å². The summed E-state index contributed by atoms with van der Waals surface area (Å²) in [4.78, 5) is 12.7. The Hall–Kier alpha value is -2.45. The van der Waals surface area contributed by atoms with Crippen molar-refractivity contribution in [2.45, 2.75) is 24.7 Å². The lowest BCUT2D eigenvalue weighted by atomic mass is 9.97. The Morgan fingerprint density at radius 3 is 2.39 bits per heavy atom. The van der Waals surface area contributed by atoms with E-state index in [2.05, 4.69) is 5.32 Å². The summed E-state index contributed by atoms with van der Waals surface area (Å²) in [7, 11) is -2.09. The quantitative estimate of drug-likeness (QED) is 0.828. The first-order valence-corrected chi connectivity index (χ1v) is 10.5. The average Bonchev–Trinajstić information content (AvgIpc) is 2.71. The summed E-state index contributed by atoms with van der Waals surface area (Å²) in [6.45, 7) is 2.31. The topological polar surface area (TPSA) is 75.7 Å². The van der Waals surface area contributed by atoms with Gasteiger partial charge in [0.05, 0.1) is 12.0 Å². The maximum atomic E-state index is 13.4. The summed E-state index contributed by atoms with van der Waals surface area (Å²) in [5.41, 5.74) is 1.22. The molecule has 0 spiro atoms. The maximum absolute atomic E-state index is 13.4. The summed E-state index contributed by atoms with van der Waals surface area (Å²) in [6.07, 6.45) is 0.825. The molecule has 0 aromatic heterocycles. The fourth-order valence-corrected chi connectivity index (χ4v) is 4.69. The van der Waals surface area contributed by atoms with E-state index >= 15 is 0 Å². The number of sulfonamides is 1. The highest BCUT2D eigenvalue weighted by molar-refractivity contribution is 7.89. The normalized spacial score (nSPS) is 16.0. The number of carbonyl (C=O) groups is 1. The molecule has 0 unspecified atom stereocenters. The predicted molar refractivity (Wildman–Crippen MR) is 104 cm³/mol. The van der Waals surface area contributed by atoms with Crippen molar-refractivity contribution in [2.75, 3.05) is 25.5 Å². The minimum Gasteiger partial charge on any atom is -0.497 e. The van der Waals surface area contributed by atoms with Crippen molar-refractivity contribution in [1.82, 2.24) is 4.31 Å². The number of piperidine rings is 1. The fraction of sp³-hybridized carbons (Fsp3) is 0.350. The molecule has 6 nitrogen and oxygen atoms in total. The Morgan fingerprint density at radius 1 is 1.14 bits per heavy atom. The maximum Gasteiger partial charge on any atom is 0.243 e. The molecular formula is C20H23FN2O4S. The van der Waals surface area contributed by atoms with E-state index in [-0.39, 0.29) is 29.8 Å². The van der Waals surface area contributed by atoms with E-state index in [9.17, 15) is 17.6 Å². The number of rotatable bonds is 5. The molecule has 1 saturated heterocycles. The van der Waals surface area contributed by atoms with Crippen LogP contribution in [-0.2, 0) is 14.8 Å². The molecule has 0 saturated carbocycles. The van der Waals surface area contributed by atoms with Crippen molar-refractivity contribution in [1.29, 1.82) is 0 Å². The molecule has 0 atom stereocenters. The first-order chi connectivity index (χ1) is 13.3. The summed E-state index contributed by atoms with van der Waals surface area (Å²) < 4.78 is 45.4. The molecule has 3 rings (SSSR count). The third-order valence-corrected chi connectivity index (χ3v) is 6.89. The summed E-state index contributed by atoms with van der Waals surface area (Å²) in [5.74, 6) is -0.358. The first-order valence-electron chi connectivity index (χ1n) is 9.02. The van der Waals surface area contributed by atoms with Gasteiger partial charge in [-0.1, -0.05) is 6.07 Å². The second-order valence-corrected chi connectivity index (χ2v) is 8.74. The van der Waals surface area contributed by atoms with Crippen molar-refractivity contribution in [3.63, 3.8) is 0 Å². The number of nitrogens with zero attached hydrogens (tertiary/aromatic N) is 1. The highest BCUT2D eigenvalue weighted by Gasteiger charge is 2.32. The van der Waals surface area contributed by atoms with Gasteiger partial charge in [0, 0.05) is 24.7 Å². The lowest BCUT2D eigenvalue weighted by molar-refractivity contribution is -0.120. The van der Waals surface area contributed by atoms with Crippen LogP contribution in [0.4, 0.5) is 10.1 Å². The Labute approximate surface area is 164 Å². The number of hydrogen-bond donors (Lipinski definition) is 1. The Balaban J connectivity index is 1.63. The van der Waals surface area contributed by atoms with Gasteiger partial charge in [-0.05, 0) is 61.7 Å². The highest BCUT2D eigenvalue weighted by Crippen LogP contribution is 2.26. The monoisotopic (exact) mass is 406 g/mol. The first kappa shape index (κ1) is 20.3. The molecule has 1 aliphatic heterocycles. The zero-order chi connectivity index (χ0) is 20.3. The molecule has 150 valence electrons. The number of hydrogen-bond acceptors (Lipinski definition) is 4. The van der Waals surface area contributed by atoms with Gasteiger partial charge >= 0.3 is 0 Å². The standard InChI is InChI=1S/C20H23FN2O4S/c1-14-3-4-16(21)13-19(14)22-20(24)15-9-11-23(12-10-15)28(25,26)18-7-5-17(27-2)6-8-18/h3-8,13,15H,9-12H2,1-2H3,(H,22,24). The van der Waals surface area contributed by atoms with Crippen LogP contribution in [0.2, 0.25) is 0 Å². The molecule has 1 heterocycles. The fourth-order valence-electron chi connectivity index (χ4n) is 3.22. The molecule has 2 aromatic carbocycles. The molecular weight excluding hydrogens is 383 g/mol. The minimum absolute atomic E-state index is 0.201. The van der Waals surface area contributed by atoms with E-state index in [1.165, 1.54) is 35.7 Å². The van der Waals surface area contributed by atoms with Crippen LogP contribution in [0.1, 0.15) is 18.4 Å². The smallest absolute Gasteiger partial charge is 0.243 e. The van der Waals surface area contributed by atoms with Crippen LogP contribution in [0.15, 0.2) is 47.4 Å². The predicted octanol–water partition coefficient (Wildman–Crippen LogP) is 3.18. The number of anilines is 1. The van der Waals surface area contributed by atoms with E-state index in [4.69, 9.17) is 4.74 Å². The molecule has 1 N–H and O–H groups in total. The third kappa shape index (κ3) is 4.34. The van der Waals surface area contributed by atoms with Gasteiger partial charge in [0.2, 0.25) is 15.9 Å². The van der Waals surface area contributed by atoms with Gasteiger partial charge in [-0.15, -0.1) is 0 Å². The van der Waals surface area contributed by atoms with Crippen LogP contribution in [0.5, 0.6) is 5.75 Å². The van der Waals surface area contributed by atoms with Crippen LogP contribution >= 0.6 is 0 Å². The highest BCUT2D eigenvalue weighted by atomic mass is 32.2. The molecule has 8 heteroatoms. The third-order valence-electron chi connectivity index (χ3n) is 4.98. The van der Waals surface area contributed by atoms with E-state index < -0.39 is 15.8 Å². The van der Waals surface area contributed by atoms with Gasteiger partial charge < -0.3 is 10.1 Å². The van der Waals surface area contributed by atoms with E-state index in [1.54, 1.807) is 25.1 Å². The summed E-state index contributed by atoms with van der Waals surface area (Å²) in [5, 5.41) is 2.76. The van der Waals surface area contributed by atoms with Gasteiger partial charge in [0.15, 0.2) is 0 Å². The Morgan fingerprint density at radius 2 is 1.79 bits per heavy atom. The van der Waals surface area contributed by atoms with E-state index in [0.29, 0.717) is 24.3 Å². The van der Waals surface area contributed by atoms with Crippen LogP contribution in [0.3, 0.4) is 0 Å². The molecule has 0 radical (unpaired) electrons. The zero-order valence-corrected chi connectivity index (χ0v) is 16.6. The molecule has 1 fully saturated rings. The largest absolute Gasteiger partial charge is 0.497 e. The lowest BCUT2D eigenvalue weighted by Gasteiger charge is -2.30. The number of aryl methyl sites for hydroxylation is 1. The van der Waals surface area contributed by atoms with Gasteiger partial charge in [-0.2, -0.15) is 4.31 Å². The zero-order valence-electron chi connectivity index (χ0n) is 15.8. The van der Waals surface area contributed by atoms with Gasteiger partial charge in [0.1, 0.15) is 11.6 Å². The number of carbonyl (C=O) groups excluding carboxylic acids is 1. The molecule has 0 bridgehead atoms. The molecule has 1 amide bonds. The van der Waals surface area contributed by atoms with Gasteiger partial charge in [0.25, 0.3) is 0 Å². The number of ether oxygens (including phenoxy) is 1. The van der Waals surface area contributed by atoms with Gasteiger partial charge in [-0.25, -0.2) is 12.8 Å². The minimum atomic E-state index is -3.61. The second-order valence-electron chi connectivity index (χ2n) is 6.80. The van der Waals surface area contributed by atoms with Crippen molar-refractivity contribution in [2.24, 2.45) is 5.92 Å². The summed E-state index contributed by atoms with van der Waals surface area (Å²) >= 11 is 0. The molecule has 28 heavy (non-hydrogen) atoms. The van der Waals surface area contributed by atoms with Crippen LogP contribution in [0.25, 0.3) is 0 Å². The SMILES string of the molecule is COc1ccc(S(=O)(=O)N2CCC(C(=O)Nc3cc(F)ccc3C)CC2)cc1. The molecule has 1 aliphatic rings. The van der Waals surface area contributed by atoms with Gasteiger partial charge in [-0.3, -0.25) is 4.79 Å². The van der Waals surface area contributed by atoms with Crippen LogP contribution in [0, 0.1) is 18.7 Å². The van der Waals surface area contributed by atoms with E-state index in [1.807, 2.05) is 0 Å². The Kier molecular flexibility index (Phi) is 6.00. The number of amides is 1. The molecule has 0 aliphatic carbocycles. The van der Waals surface area contributed by atoms with Crippen molar-refractivity contribution in [3.8, 4) is 5.75 Å². The average molecular weight is 406 g/mol. The second kappa shape index (κ2) is 8.28. The van der Waals surface area contributed by atoms with Crippen molar-refractivity contribution in [3.05, 3.63) is 53.8 Å². The Bertz CT molecular complexity index is 953. The van der Waals surface area contributed by atoms with Crippen LogP contribution in [-0.4, -0.2) is 38.8 Å². The number of benzene rings is 2. The number of halogens is 1. The van der Waals surface area contributed by atoms with E-state index in [0.717, 1.165) is 5.56 Å². The number of methoxy groups -OCH3 is 1. The molecule has 2 aromatic rings. The lowest BCUT2D eigenvalue weighted by Crippen LogP contribution is -2.41. The van der Waals surface area contributed by atoms with Crippen molar-refractivity contribution < 1.29 is 22.3 Å². The number of nitrogens with one attached hydrogen (secondary N) is 1.